The molecule has 0 atom stereocenters. The van der Waals surface area contributed by atoms with Crippen LogP contribution in [0.3, 0.4) is 0 Å². The van der Waals surface area contributed by atoms with Crippen LogP contribution < -0.4 is 0 Å². The second-order valence-corrected chi connectivity index (χ2v) is 5.81. The monoisotopic (exact) mass is 238 g/mol. The molecule has 0 unspecified atom stereocenters. The van der Waals surface area contributed by atoms with Gasteiger partial charge in [-0.1, -0.05) is 0 Å². The van der Waals surface area contributed by atoms with Crippen LogP contribution in [0.4, 0.5) is 0 Å². The number of hydrogen-bond acceptors (Lipinski definition) is 0. The number of rotatable bonds is 4. The maximum absolute atomic E-state index is 2.38. The molecule has 0 amide bonds. The molecule has 0 aliphatic carbocycles. The van der Waals surface area contributed by atoms with Crippen molar-refractivity contribution in [3.8, 4) is 0 Å². The van der Waals surface area contributed by atoms with E-state index in [9.17, 15) is 0 Å². The molecule has 0 saturated heterocycles. The summed E-state index contributed by atoms with van der Waals surface area (Å²) in [6.07, 6.45) is 4.49. The second kappa shape index (κ2) is 7.90. The van der Waals surface area contributed by atoms with Crippen LogP contribution in [0.5, 0.6) is 0 Å². The molecule has 82 valence electrons. The predicted octanol–water partition coefficient (Wildman–Crippen LogP) is 4.81. The van der Waals surface area contributed by atoms with Gasteiger partial charge in [-0.3, -0.25) is 0 Å². The van der Waals surface area contributed by atoms with Gasteiger partial charge in [-0.05, 0) is 0 Å². The van der Waals surface area contributed by atoms with Crippen molar-refractivity contribution in [1.29, 1.82) is 0 Å². The van der Waals surface area contributed by atoms with E-state index >= 15 is 0 Å². The molecule has 0 nitrogen and oxygen atoms in total. The van der Waals surface area contributed by atoms with Crippen molar-refractivity contribution in [2.45, 2.75) is 41.5 Å². The summed E-state index contributed by atoms with van der Waals surface area (Å²) in [5.74, 6) is 0. The Bertz CT molecular complexity index is 274. The Hall–Kier alpha value is -0.326. The zero-order chi connectivity index (χ0) is 11.8. The average molecular weight is 238 g/mol. The predicted molar refractivity (Wildman–Crippen MR) is 66.4 cm³/mol. The SMILES string of the molecule is CC(C)=C/C(C)=[CH]\[Ti]/[CH]=C(/C)C=C(C)C. The minimum atomic E-state index is -0.0626. The number of allylic oxidation sites excluding steroid dienone is 6. The Balaban J connectivity index is 4.29. The standard InChI is InChI=1S/2C7H11.Ti/c2*1-6(2)5-7(3)4;/h2*1,5H,2-4H3;. The molecule has 0 spiro atoms. The molecule has 0 radical (unpaired) electrons. The third kappa shape index (κ3) is 9.97. The Kier molecular flexibility index (Phi) is 7.73. The van der Waals surface area contributed by atoms with Gasteiger partial charge in [-0.2, -0.15) is 0 Å². The van der Waals surface area contributed by atoms with Crippen LogP contribution in [0.25, 0.3) is 0 Å². The molecule has 0 saturated carbocycles. The normalized spacial score (nSPS) is 12.1. The molecule has 0 aliphatic heterocycles. The second-order valence-electron chi connectivity index (χ2n) is 4.39. The van der Waals surface area contributed by atoms with Crippen molar-refractivity contribution < 1.29 is 19.2 Å². The first-order chi connectivity index (χ1) is 6.91. The summed E-state index contributed by atoms with van der Waals surface area (Å²) in [7, 11) is 0. The summed E-state index contributed by atoms with van der Waals surface area (Å²) in [4.78, 5) is 0. The van der Waals surface area contributed by atoms with Crippen LogP contribution >= 0.6 is 0 Å². The molecule has 0 aromatic heterocycles. The van der Waals surface area contributed by atoms with Gasteiger partial charge in [0.15, 0.2) is 0 Å². The van der Waals surface area contributed by atoms with E-state index in [0.717, 1.165) is 0 Å². The fourth-order valence-corrected chi connectivity index (χ4v) is 2.51. The van der Waals surface area contributed by atoms with Gasteiger partial charge in [0.1, 0.15) is 0 Å². The van der Waals surface area contributed by atoms with Crippen molar-refractivity contribution in [3.63, 3.8) is 0 Å². The van der Waals surface area contributed by atoms with Gasteiger partial charge in [0, 0.05) is 0 Å². The first kappa shape index (κ1) is 14.7. The molecule has 15 heavy (non-hydrogen) atoms. The molecule has 0 aromatic rings. The third-order valence-electron chi connectivity index (χ3n) is 1.65. The third-order valence-corrected chi connectivity index (χ3v) is 3.60. The zero-order valence-electron chi connectivity index (χ0n) is 10.8. The van der Waals surface area contributed by atoms with Crippen LogP contribution in [0.2, 0.25) is 0 Å². The summed E-state index contributed by atoms with van der Waals surface area (Å²) < 4.78 is 4.77. The first-order valence-corrected chi connectivity index (χ1v) is 7.11. The fourth-order valence-electron chi connectivity index (χ4n) is 1.30. The molecule has 0 fully saturated rings. The van der Waals surface area contributed by atoms with Crippen LogP contribution in [-0.2, 0) is 19.2 Å². The Morgan fingerprint density at radius 2 is 1.00 bits per heavy atom. The van der Waals surface area contributed by atoms with Crippen LogP contribution in [0.1, 0.15) is 41.5 Å². The van der Waals surface area contributed by atoms with E-state index in [0.29, 0.717) is 0 Å². The Labute approximate surface area is 104 Å². The molecule has 0 N–H and O–H groups in total. The molecular weight excluding hydrogens is 216 g/mol. The van der Waals surface area contributed by atoms with Crippen molar-refractivity contribution in [3.05, 3.63) is 43.2 Å². The number of hydrogen-bond donors (Lipinski definition) is 0. The molecule has 0 aromatic carbocycles. The van der Waals surface area contributed by atoms with E-state index in [4.69, 9.17) is 0 Å². The van der Waals surface area contributed by atoms with E-state index in [1.165, 1.54) is 22.3 Å². The molecule has 0 bridgehead atoms. The van der Waals surface area contributed by atoms with Crippen LogP contribution in [-0.4, -0.2) is 0 Å². The van der Waals surface area contributed by atoms with Gasteiger partial charge >= 0.3 is 104 Å². The molecule has 0 aliphatic rings. The van der Waals surface area contributed by atoms with Crippen LogP contribution in [0, 0.1) is 0 Å². The fraction of sp³-hybridized carbons (Fsp3) is 0.429. The average Bonchev–Trinajstić information content (AvgIpc) is 2.00. The summed E-state index contributed by atoms with van der Waals surface area (Å²) in [5, 5.41) is 0. The van der Waals surface area contributed by atoms with Crippen molar-refractivity contribution in [1.82, 2.24) is 0 Å². The molecule has 0 rings (SSSR count). The summed E-state index contributed by atoms with van der Waals surface area (Å²) >= 11 is -0.0626. The quantitative estimate of drug-likeness (QED) is 0.487. The topological polar surface area (TPSA) is 0 Å². The maximum atomic E-state index is 2.38. The molecule has 1 heteroatoms. The molecular formula is C14H22Ti. The Morgan fingerprint density at radius 1 is 0.667 bits per heavy atom. The van der Waals surface area contributed by atoms with Crippen LogP contribution in [0.15, 0.2) is 43.2 Å². The van der Waals surface area contributed by atoms with Gasteiger partial charge in [0.25, 0.3) is 0 Å². The van der Waals surface area contributed by atoms with E-state index in [1.807, 2.05) is 0 Å². The van der Waals surface area contributed by atoms with Gasteiger partial charge in [0.05, 0.1) is 0 Å². The Morgan fingerprint density at radius 3 is 1.27 bits per heavy atom. The summed E-state index contributed by atoms with van der Waals surface area (Å²) in [6, 6.07) is 0. The van der Waals surface area contributed by atoms with Crippen molar-refractivity contribution in [2.24, 2.45) is 0 Å². The summed E-state index contributed by atoms with van der Waals surface area (Å²) in [6.45, 7) is 12.9. The van der Waals surface area contributed by atoms with Gasteiger partial charge < -0.3 is 0 Å². The van der Waals surface area contributed by atoms with Gasteiger partial charge in [-0.25, -0.2) is 0 Å². The van der Waals surface area contributed by atoms with Gasteiger partial charge in [0.2, 0.25) is 0 Å². The van der Waals surface area contributed by atoms with E-state index in [-0.39, 0.29) is 19.2 Å². The van der Waals surface area contributed by atoms with Gasteiger partial charge in [-0.15, -0.1) is 0 Å². The van der Waals surface area contributed by atoms with E-state index in [1.54, 1.807) is 0 Å². The first-order valence-electron chi connectivity index (χ1n) is 5.31. The minimum absolute atomic E-state index is 0.0626. The molecule has 0 heterocycles. The van der Waals surface area contributed by atoms with Crippen molar-refractivity contribution >= 4 is 0 Å². The van der Waals surface area contributed by atoms with E-state index in [2.05, 4.69) is 62.5 Å². The van der Waals surface area contributed by atoms with Crippen molar-refractivity contribution in [2.75, 3.05) is 0 Å². The van der Waals surface area contributed by atoms with E-state index < -0.39 is 0 Å². The summed E-state index contributed by atoms with van der Waals surface area (Å²) in [5.41, 5.74) is 5.55. The zero-order valence-corrected chi connectivity index (χ0v) is 12.4.